The van der Waals surface area contributed by atoms with Crippen molar-refractivity contribution in [2.24, 2.45) is 0 Å². The van der Waals surface area contributed by atoms with E-state index >= 15 is 0 Å². The van der Waals surface area contributed by atoms with Crippen molar-refractivity contribution >= 4 is 8.96 Å². The Balaban J connectivity index is 3.20. The summed E-state index contributed by atoms with van der Waals surface area (Å²) in [6.45, 7) is 9.36. The lowest BCUT2D eigenvalue weighted by atomic mass is 10.5. The average Bonchev–Trinajstić information content (AvgIpc) is 1.91. The first-order valence-corrected chi connectivity index (χ1v) is 5.77. The van der Waals surface area contributed by atoms with Gasteiger partial charge in [0.25, 0.3) is 0 Å². The van der Waals surface area contributed by atoms with Crippen LogP contribution in [0.15, 0.2) is 12.3 Å². The summed E-state index contributed by atoms with van der Waals surface area (Å²) in [7, 11) is -0.696. The quantitative estimate of drug-likeness (QED) is 0.574. The Bertz CT molecular complexity index is 73.3. The fourth-order valence-electron chi connectivity index (χ4n) is 0.724. The molecule has 0 aliphatic carbocycles. The molecule has 1 atom stereocenters. The molecule has 0 amide bonds. The molecule has 0 saturated carbocycles. The SMILES string of the molecule is C=C[SiH](CC)NCCC. The molecular weight excluding hydrogens is 126 g/mol. The first-order valence-electron chi connectivity index (χ1n) is 3.71. The van der Waals surface area contributed by atoms with E-state index in [0.29, 0.717) is 0 Å². The predicted molar refractivity (Wildman–Crippen MR) is 46.1 cm³/mol. The zero-order chi connectivity index (χ0) is 7.11. The maximum atomic E-state index is 3.78. The molecule has 0 aromatic rings. The number of rotatable bonds is 5. The standard InChI is InChI=1S/C7H17NSi/c1-4-7-8-9(5-2)6-3/h5,8-9H,2,4,6-7H2,1,3H3. The van der Waals surface area contributed by atoms with Gasteiger partial charge in [-0.05, 0) is 19.0 Å². The van der Waals surface area contributed by atoms with E-state index in [4.69, 9.17) is 0 Å². The first kappa shape index (κ1) is 8.92. The van der Waals surface area contributed by atoms with E-state index in [2.05, 4.69) is 31.1 Å². The van der Waals surface area contributed by atoms with Gasteiger partial charge in [0, 0.05) is 0 Å². The average molecular weight is 143 g/mol. The van der Waals surface area contributed by atoms with E-state index < -0.39 is 8.96 Å². The number of hydrogen-bond acceptors (Lipinski definition) is 1. The van der Waals surface area contributed by atoms with Gasteiger partial charge in [-0.2, -0.15) is 0 Å². The monoisotopic (exact) mass is 143 g/mol. The fourth-order valence-corrected chi connectivity index (χ4v) is 2.17. The highest BCUT2D eigenvalue weighted by atomic mass is 28.3. The van der Waals surface area contributed by atoms with Gasteiger partial charge < -0.3 is 4.98 Å². The lowest BCUT2D eigenvalue weighted by molar-refractivity contribution is 0.850. The van der Waals surface area contributed by atoms with Crippen LogP contribution in [-0.4, -0.2) is 15.5 Å². The molecule has 1 nitrogen and oxygen atoms in total. The Morgan fingerprint density at radius 2 is 2.22 bits per heavy atom. The van der Waals surface area contributed by atoms with Crippen LogP contribution in [0.5, 0.6) is 0 Å². The molecule has 54 valence electrons. The van der Waals surface area contributed by atoms with Crippen molar-refractivity contribution in [2.45, 2.75) is 26.3 Å². The van der Waals surface area contributed by atoms with E-state index in [1.165, 1.54) is 12.5 Å². The van der Waals surface area contributed by atoms with E-state index in [0.717, 1.165) is 6.54 Å². The predicted octanol–water partition coefficient (Wildman–Crippen LogP) is 1.45. The van der Waals surface area contributed by atoms with Crippen molar-refractivity contribution in [3.05, 3.63) is 12.3 Å². The second-order valence-corrected chi connectivity index (χ2v) is 5.11. The van der Waals surface area contributed by atoms with Crippen LogP contribution in [0.4, 0.5) is 0 Å². The normalized spacial score (nSPS) is 13.1. The summed E-state index contributed by atoms with van der Waals surface area (Å²) in [5, 5.41) is 0. The Morgan fingerprint density at radius 3 is 2.56 bits per heavy atom. The highest BCUT2D eigenvalue weighted by Gasteiger charge is 1.98. The molecule has 0 spiro atoms. The summed E-state index contributed by atoms with van der Waals surface area (Å²) in [4.78, 5) is 3.49. The molecule has 0 saturated heterocycles. The second-order valence-electron chi connectivity index (χ2n) is 2.20. The van der Waals surface area contributed by atoms with Crippen molar-refractivity contribution < 1.29 is 0 Å². The molecule has 0 aromatic carbocycles. The largest absolute Gasteiger partial charge is 0.336 e. The first-order chi connectivity index (χ1) is 4.35. The highest BCUT2D eigenvalue weighted by molar-refractivity contribution is 6.61. The minimum Gasteiger partial charge on any atom is -0.336 e. The Morgan fingerprint density at radius 1 is 1.56 bits per heavy atom. The van der Waals surface area contributed by atoms with Crippen molar-refractivity contribution in [3.63, 3.8) is 0 Å². The molecule has 0 fully saturated rings. The molecule has 0 rings (SSSR count). The molecule has 0 radical (unpaired) electrons. The van der Waals surface area contributed by atoms with E-state index in [-0.39, 0.29) is 0 Å². The van der Waals surface area contributed by atoms with E-state index in [1.54, 1.807) is 0 Å². The fraction of sp³-hybridized carbons (Fsp3) is 0.714. The molecule has 0 aliphatic heterocycles. The van der Waals surface area contributed by atoms with Crippen LogP contribution in [0.25, 0.3) is 0 Å². The third kappa shape index (κ3) is 4.42. The van der Waals surface area contributed by atoms with Gasteiger partial charge in [0.2, 0.25) is 0 Å². The van der Waals surface area contributed by atoms with E-state index in [1.807, 2.05) is 0 Å². The summed E-state index contributed by atoms with van der Waals surface area (Å²) in [6, 6.07) is 1.28. The molecular formula is C7H17NSi. The van der Waals surface area contributed by atoms with Gasteiger partial charge in [0.05, 0.1) is 0 Å². The summed E-state index contributed by atoms with van der Waals surface area (Å²) in [5.41, 5.74) is 2.11. The summed E-state index contributed by atoms with van der Waals surface area (Å²) >= 11 is 0. The van der Waals surface area contributed by atoms with Gasteiger partial charge in [0.15, 0.2) is 0 Å². The van der Waals surface area contributed by atoms with E-state index in [9.17, 15) is 0 Å². The molecule has 0 bridgehead atoms. The Hall–Kier alpha value is -0.0831. The summed E-state index contributed by atoms with van der Waals surface area (Å²) in [5.74, 6) is 0. The van der Waals surface area contributed by atoms with Crippen molar-refractivity contribution in [2.75, 3.05) is 6.54 Å². The molecule has 1 N–H and O–H groups in total. The van der Waals surface area contributed by atoms with Gasteiger partial charge in [-0.3, -0.25) is 0 Å². The molecule has 0 aromatic heterocycles. The van der Waals surface area contributed by atoms with Crippen LogP contribution in [0.2, 0.25) is 6.04 Å². The molecule has 9 heavy (non-hydrogen) atoms. The Kier molecular flexibility index (Phi) is 5.99. The zero-order valence-electron chi connectivity index (χ0n) is 6.48. The second kappa shape index (κ2) is 6.04. The van der Waals surface area contributed by atoms with Gasteiger partial charge in [0.1, 0.15) is 8.96 Å². The van der Waals surface area contributed by atoms with Crippen LogP contribution in [0.1, 0.15) is 20.3 Å². The molecule has 0 aliphatic rings. The lowest BCUT2D eigenvalue weighted by Gasteiger charge is -2.07. The number of nitrogens with one attached hydrogen (secondary N) is 1. The smallest absolute Gasteiger partial charge is 0.132 e. The molecule has 2 heteroatoms. The van der Waals surface area contributed by atoms with Crippen molar-refractivity contribution in [1.29, 1.82) is 0 Å². The van der Waals surface area contributed by atoms with Gasteiger partial charge in [-0.1, -0.05) is 19.5 Å². The Labute approximate surface area is 59.8 Å². The van der Waals surface area contributed by atoms with Crippen LogP contribution < -0.4 is 4.98 Å². The van der Waals surface area contributed by atoms with Crippen LogP contribution >= 0.6 is 0 Å². The summed E-state index contributed by atoms with van der Waals surface area (Å²) in [6.07, 6.45) is 1.23. The third-order valence-corrected chi connectivity index (χ3v) is 3.64. The van der Waals surface area contributed by atoms with Crippen molar-refractivity contribution in [1.82, 2.24) is 4.98 Å². The van der Waals surface area contributed by atoms with Gasteiger partial charge in [-0.25, -0.2) is 0 Å². The third-order valence-electron chi connectivity index (χ3n) is 1.38. The zero-order valence-corrected chi connectivity index (χ0v) is 7.64. The van der Waals surface area contributed by atoms with Crippen LogP contribution in [-0.2, 0) is 0 Å². The highest BCUT2D eigenvalue weighted by Crippen LogP contribution is 1.86. The lowest BCUT2D eigenvalue weighted by Crippen LogP contribution is -2.31. The van der Waals surface area contributed by atoms with Crippen LogP contribution in [0.3, 0.4) is 0 Å². The molecule has 0 heterocycles. The van der Waals surface area contributed by atoms with Gasteiger partial charge >= 0.3 is 0 Å². The minimum atomic E-state index is -0.696. The minimum absolute atomic E-state index is 0.696. The summed E-state index contributed by atoms with van der Waals surface area (Å²) < 4.78 is 0. The van der Waals surface area contributed by atoms with Crippen molar-refractivity contribution in [3.8, 4) is 0 Å². The topological polar surface area (TPSA) is 12.0 Å². The molecule has 1 unspecified atom stereocenters. The maximum Gasteiger partial charge on any atom is 0.132 e. The number of hydrogen-bond donors (Lipinski definition) is 1. The van der Waals surface area contributed by atoms with Crippen LogP contribution in [0, 0.1) is 0 Å². The van der Waals surface area contributed by atoms with Gasteiger partial charge in [-0.15, -0.1) is 6.58 Å². The maximum absolute atomic E-state index is 3.78.